The highest BCUT2D eigenvalue weighted by Crippen LogP contribution is 2.55. The van der Waals surface area contributed by atoms with Crippen molar-refractivity contribution < 1.29 is 13.9 Å². The first-order chi connectivity index (χ1) is 20.9. The summed E-state index contributed by atoms with van der Waals surface area (Å²) in [5, 5.41) is 7.50. The minimum Gasteiger partial charge on any atom is -0.456 e. The van der Waals surface area contributed by atoms with Gasteiger partial charge in [0.25, 0.3) is 11.5 Å². The molecule has 0 amide bonds. The average molecular weight is 537 g/mol. The van der Waals surface area contributed by atoms with Gasteiger partial charge in [0, 0.05) is 33.7 Å². The largest absolute Gasteiger partial charge is 0.456 e. The Labute approximate surface area is 238 Å². The van der Waals surface area contributed by atoms with Crippen LogP contribution in [0.1, 0.15) is 11.1 Å². The molecule has 3 aliphatic rings. The Bertz CT molecular complexity index is 2780. The number of benzene rings is 4. The van der Waals surface area contributed by atoms with Crippen molar-refractivity contribution in [3.63, 3.8) is 0 Å². The van der Waals surface area contributed by atoms with Crippen LogP contribution in [0.15, 0.2) is 122 Å². The number of hydrogen-bond acceptors (Lipinski definition) is 1. The second kappa shape index (κ2) is 6.29. The molecule has 0 saturated carbocycles. The molecule has 0 aliphatic carbocycles. The van der Waals surface area contributed by atoms with Crippen molar-refractivity contribution in [1.29, 1.82) is 0 Å². The minimum absolute atomic E-state index is 0.688. The van der Waals surface area contributed by atoms with Gasteiger partial charge in [0.05, 0.1) is 17.8 Å². The lowest BCUT2D eigenvalue weighted by atomic mass is 9.81. The first-order valence-corrected chi connectivity index (χ1v) is 14.5. The molecule has 5 nitrogen and oxygen atoms in total. The molecular weight excluding hydrogens is 516 g/mol. The van der Waals surface area contributed by atoms with E-state index in [1.54, 1.807) is 0 Å². The summed E-state index contributed by atoms with van der Waals surface area (Å²) in [5.74, 6) is 2.95. The van der Waals surface area contributed by atoms with Crippen LogP contribution in [0.3, 0.4) is 0 Å². The van der Waals surface area contributed by atoms with Gasteiger partial charge in [-0.25, -0.2) is 0 Å². The number of fused-ring (bicyclic) bond motifs is 8. The van der Waals surface area contributed by atoms with E-state index in [2.05, 4.69) is 140 Å². The zero-order valence-corrected chi connectivity index (χ0v) is 22.2. The summed E-state index contributed by atoms with van der Waals surface area (Å²) in [6.07, 6.45) is 4.53. The van der Waals surface area contributed by atoms with Crippen LogP contribution in [-0.4, -0.2) is 8.97 Å². The Morgan fingerprint density at radius 3 is 2.10 bits per heavy atom. The van der Waals surface area contributed by atoms with Crippen LogP contribution in [0.4, 0.5) is 0 Å². The molecule has 0 N–H and O–H groups in total. The van der Waals surface area contributed by atoms with Crippen molar-refractivity contribution in [3.8, 4) is 17.3 Å². The lowest BCUT2D eigenvalue weighted by molar-refractivity contribution is -0.960. The average Bonchev–Trinajstić information content (AvgIpc) is 3.61. The third-order valence-electron chi connectivity index (χ3n) is 10.1. The Hall–Kier alpha value is -5.68. The SMILES string of the molecule is c1cc[n+]2c(c1)-n1c3ccccc3c3ccc4c(c31)C21c2c(ccc3c5ccccc5c5cc6ccc[n+]1c6n5c23)O4. The molecule has 0 fully saturated rings. The van der Waals surface area contributed by atoms with E-state index in [-0.39, 0.29) is 0 Å². The van der Waals surface area contributed by atoms with Gasteiger partial charge < -0.3 is 4.74 Å². The monoisotopic (exact) mass is 536 g/mol. The van der Waals surface area contributed by atoms with E-state index in [9.17, 15) is 0 Å². The maximum absolute atomic E-state index is 6.94. The first-order valence-electron chi connectivity index (χ1n) is 14.5. The molecule has 0 saturated heterocycles. The third kappa shape index (κ3) is 1.85. The molecule has 5 heteroatoms. The molecule has 0 bridgehead atoms. The minimum atomic E-state index is -0.688. The zero-order chi connectivity index (χ0) is 26.9. The number of para-hydroxylation sites is 1. The topological polar surface area (TPSA) is 26.3 Å². The molecule has 4 aromatic carbocycles. The quantitative estimate of drug-likeness (QED) is 0.150. The standard InChI is InChI=1S/C37H20N4O/c1-2-10-23-22(9-1)25-14-16-30-33-35(25)41-28(23)20-21-8-7-19-39(36(21)41)37(33)32-29(42-30)17-15-26-24-11-3-4-12-27(24)40(34(26)32)31-13-5-6-18-38(31)37/h1-20H/q+2. The van der Waals surface area contributed by atoms with Crippen molar-refractivity contribution in [2.75, 3.05) is 0 Å². The normalized spacial score (nSPS) is 17.3. The van der Waals surface area contributed by atoms with Crippen molar-refractivity contribution in [2.24, 2.45) is 0 Å². The number of aromatic nitrogens is 4. The van der Waals surface area contributed by atoms with E-state index < -0.39 is 5.66 Å². The molecule has 1 unspecified atom stereocenters. The van der Waals surface area contributed by atoms with Gasteiger partial charge in [-0.1, -0.05) is 42.5 Å². The van der Waals surface area contributed by atoms with Crippen LogP contribution >= 0.6 is 0 Å². The molecule has 42 heavy (non-hydrogen) atoms. The fourth-order valence-electron chi connectivity index (χ4n) is 8.69. The fraction of sp³-hybridized carbons (Fsp3) is 0.0270. The van der Waals surface area contributed by atoms with E-state index in [0.29, 0.717) is 0 Å². The zero-order valence-electron chi connectivity index (χ0n) is 22.2. The molecule has 8 heterocycles. The number of hydrogen-bond donors (Lipinski definition) is 0. The van der Waals surface area contributed by atoms with Crippen molar-refractivity contribution in [3.05, 3.63) is 133 Å². The van der Waals surface area contributed by atoms with Gasteiger partial charge in [0.2, 0.25) is 0 Å². The first kappa shape index (κ1) is 20.2. The lowest BCUT2D eigenvalue weighted by Gasteiger charge is -2.40. The summed E-state index contributed by atoms with van der Waals surface area (Å²) in [4.78, 5) is 0. The molecule has 0 radical (unpaired) electrons. The number of nitrogens with zero attached hydrogens (tertiary/aromatic N) is 4. The van der Waals surface area contributed by atoms with Gasteiger partial charge in [-0.3, -0.25) is 0 Å². The number of ether oxygens (including phenoxy) is 1. The smallest absolute Gasteiger partial charge is 0.321 e. The Morgan fingerprint density at radius 2 is 1.24 bits per heavy atom. The summed E-state index contributed by atoms with van der Waals surface area (Å²) in [6, 6.07) is 39.8. The van der Waals surface area contributed by atoms with Gasteiger partial charge in [-0.2, -0.15) is 18.1 Å². The van der Waals surface area contributed by atoms with Crippen LogP contribution in [0.25, 0.3) is 65.8 Å². The Morgan fingerprint density at radius 1 is 0.548 bits per heavy atom. The maximum Gasteiger partial charge on any atom is 0.321 e. The van der Waals surface area contributed by atoms with Gasteiger partial charge in [-0.15, -0.1) is 0 Å². The van der Waals surface area contributed by atoms with Crippen molar-refractivity contribution in [2.45, 2.75) is 5.66 Å². The van der Waals surface area contributed by atoms with Crippen LogP contribution in [0.2, 0.25) is 0 Å². The molecule has 3 aliphatic heterocycles. The fourth-order valence-corrected chi connectivity index (χ4v) is 8.69. The lowest BCUT2D eigenvalue weighted by Crippen LogP contribution is -2.78. The van der Waals surface area contributed by atoms with Gasteiger partial charge in [-0.05, 0) is 60.0 Å². The van der Waals surface area contributed by atoms with Gasteiger partial charge >= 0.3 is 5.66 Å². The third-order valence-corrected chi connectivity index (χ3v) is 10.1. The van der Waals surface area contributed by atoms with E-state index in [0.717, 1.165) is 17.3 Å². The molecule has 192 valence electrons. The number of pyridine rings is 3. The van der Waals surface area contributed by atoms with E-state index in [1.807, 2.05) is 0 Å². The highest BCUT2D eigenvalue weighted by molar-refractivity contribution is 6.17. The molecule has 9 aromatic rings. The molecule has 5 aromatic heterocycles. The summed E-state index contributed by atoms with van der Waals surface area (Å²) in [7, 11) is 0. The van der Waals surface area contributed by atoms with E-state index in [1.165, 1.54) is 71.2 Å². The predicted molar refractivity (Wildman–Crippen MR) is 163 cm³/mol. The van der Waals surface area contributed by atoms with E-state index in [4.69, 9.17) is 4.74 Å². The van der Waals surface area contributed by atoms with Crippen molar-refractivity contribution >= 4 is 60.0 Å². The van der Waals surface area contributed by atoms with Gasteiger partial charge in [0.15, 0.2) is 11.0 Å². The number of rotatable bonds is 0. The van der Waals surface area contributed by atoms with Crippen LogP contribution in [0, 0.1) is 0 Å². The van der Waals surface area contributed by atoms with Crippen LogP contribution in [0.5, 0.6) is 11.5 Å². The molecule has 1 spiro atoms. The second-order valence-electron chi connectivity index (χ2n) is 11.8. The molecule has 12 rings (SSSR count). The second-order valence-corrected chi connectivity index (χ2v) is 11.8. The summed E-state index contributed by atoms with van der Waals surface area (Å²) in [5.41, 5.74) is 7.74. The highest BCUT2D eigenvalue weighted by Gasteiger charge is 2.63. The van der Waals surface area contributed by atoms with Crippen molar-refractivity contribution in [1.82, 2.24) is 8.97 Å². The Balaban J connectivity index is 1.46. The van der Waals surface area contributed by atoms with Crippen LogP contribution in [-0.2, 0) is 5.66 Å². The summed E-state index contributed by atoms with van der Waals surface area (Å²) >= 11 is 0. The van der Waals surface area contributed by atoms with Crippen LogP contribution < -0.4 is 13.9 Å². The Kier molecular flexibility index (Phi) is 3.03. The van der Waals surface area contributed by atoms with E-state index >= 15 is 0 Å². The summed E-state index contributed by atoms with van der Waals surface area (Å²) in [6.45, 7) is 0. The molecule has 1 atom stereocenters. The van der Waals surface area contributed by atoms with Gasteiger partial charge in [0.1, 0.15) is 33.7 Å². The molecular formula is C37H20N4O+2. The highest BCUT2D eigenvalue weighted by atomic mass is 16.5. The predicted octanol–water partition coefficient (Wildman–Crippen LogP) is 7.10. The summed E-state index contributed by atoms with van der Waals surface area (Å²) < 4.78 is 16.9. The maximum atomic E-state index is 6.94.